The Morgan fingerprint density at radius 2 is 1.24 bits per heavy atom. The molecule has 0 saturated carbocycles. The summed E-state index contributed by atoms with van der Waals surface area (Å²) in [7, 11) is 0. The Kier molecular flexibility index (Phi) is 4.96. The van der Waals surface area contributed by atoms with Crippen molar-refractivity contribution in [1.29, 1.82) is 0 Å². The largest absolute Gasteiger partial charge is 0.436 e. The van der Waals surface area contributed by atoms with Crippen LogP contribution in [-0.2, 0) is 0 Å². The Morgan fingerprint density at radius 1 is 0.634 bits per heavy atom. The van der Waals surface area contributed by atoms with E-state index in [0.29, 0.717) is 11.1 Å². The molecule has 3 heterocycles. The van der Waals surface area contributed by atoms with E-state index in [9.17, 15) is 0 Å². The third-order valence-electron chi connectivity index (χ3n) is 8.43. The molecule has 0 bridgehead atoms. The van der Waals surface area contributed by atoms with E-state index < -0.39 is 0 Å². The third-order valence-corrected chi connectivity index (χ3v) is 9.76. The number of fused-ring (bicyclic) bond motifs is 8. The Hall–Kier alpha value is -4.80. The van der Waals surface area contributed by atoms with Crippen LogP contribution in [0.15, 0.2) is 137 Å². The number of hydrogen-bond acceptors (Lipinski definition) is 3. The molecule has 0 saturated heterocycles. The first-order chi connectivity index (χ1) is 20.3. The van der Waals surface area contributed by atoms with Gasteiger partial charge >= 0.3 is 0 Å². The van der Waals surface area contributed by atoms with Gasteiger partial charge in [-0.05, 0) is 65.2 Å². The molecule has 1 aliphatic carbocycles. The summed E-state index contributed by atoms with van der Waals surface area (Å²) in [5.74, 6) is 1.81. The van der Waals surface area contributed by atoms with Crippen LogP contribution >= 0.6 is 11.8 Å². The fraction of sp³-hybridized carbons (Fsp3) is 0.0541. The molecule has 0 spiro atoms. The molecule has 2 atom stereocenters. The molecule has 3 nitrogen and oxygen atoms in total. The van der Waals surface area contributed by atoms with Crippen LogP contribution in [0.4, 0.5) is 0 Å². The number of hydrogen-bond donors (Lipinski definition) is 0. The average Bonchev–Trinajstić information content (AvgIpc) is 3.73. The first-order valence-electron chi connectivity index (χ1n) is 14.0. The van der Waals surface area contributed by atoms with Gasteiger partial charge in [-0.3, -0.25) is 0 Å². The Labute approximate surface area is 241 Å². The summed E-state index contributed by atoms with van der Waals surface area (Å²) in [5.41, 5.74) is 9.35. The number of rotatable bonds is 3. The van der Waals surface area contributed by atoms with Crippen LogP contribution < -0.4 is 0 Å². The van der Waals surface area contributed by atoms with Crippen LogP contribution in [0.2, 0.25) is 0 Å². The van der Waals surface area contributed by atoms with Crippen LogP contribution in [0, 0.1) is 0 Å². The second kappa shape index (κ2) is 8.85. The highest BCUT2D eigenvalue weighted by Crippen LogP contribution is 2.52. The Morgan fingerprint density at radius 3 is 1.98 bits per heavy atom. The molecule has 0 fully saturated rings. The van der Waals surface area contributed by atoms with Gasteiger partial charge in [-0.15, -0.1) is 11.8 Å². The van der Waals surface area contributed by atoms with Gasteiger partial charge in [-0.1, -0.05) is 84.9 Å². The molecular weight excluding hydrogens is 520 g/mol. The van der Waals surface area contributed by atoms with Crippen molar-refractivity contribution in [2.45, 2.75) is 16.1 Å². The maximum absolute atomic E-state index is 6.28. The van der Waals surface area contributed by atoms with Crippen molar-refractivity contribution >= 4 is 39.6 Å². The third kappa shape index (κ3) is 3.51. The molecule has 1 aliphatic heterocycles. The lowest BCUT2D eigenvalue weighted by atomic mass is 9.88. The molecule has 2 aromatic heterocycles. The molecule has 2 unspecified atom stereocenters. The summed E-state index contributed by atoms with van der Waals surface area (Å²) in [6.45, 7) is 0. The second-order valence-corrected chi connectivity index (χ2v) is 11.9. The summed E-state index contributed by atoms with van der Waals surface area (Å²) in [5, 5.41) is 2.93. The van der Waals surface area contributed by atoms with Gasteiger partial charge in [-0.2, -0.15) is 0 Å². The normalized spacial score (nSPS) is 17.1. The lowest BCUT2D eigenvalue weighted by Crippen LogP contribution is -2.13. The molecule has 7 aromatic rings. The van der Waals surface area contributed by atoms with E-state index in [1.807, 2.05) is 11.8 Å². The number of nitrogens with zero attached hydrogens (tertiary/aromatic N) is 2. The van der Waals surface area contributed by atoms with Crippen molar-refractivity contribution in [3.63, 3.8) is 0 Å². The molecule has 0 radical (unpaired) electrons. The van der Waals surface area contributed by atoms with Gasteiger partial charge < -0.3 is 8.98 Å². The summed E-state index contributed by atoms with van der Waals surface area (Å²) in [6.07, 6.45) is 4.36. The van der Waals surface area contributed by atoms with Crippen LogP contribution in [0.5, 0.6) is 0 Å². The smallest absolute Gasteiger partial charge is 0.226 e. The van der Waals surface area contributed by atoms with Crippen molar-refractivity contribution in [1.82, 2.24) is 9.55 Å². The number of thioether (sulfide) groups is 1. The minimum absolute atomic E-state index is 0.251. The molecule has 5 aromatic carbocycles. The number of oxazole rings is 1. The van der Waals surface area contributed by atoms with E-state index in [2.05, 4.69) is 138 Å². The summed E-state index contributed by atoms with van der Waals surface area (Å²) < 4.78 is 8.63. The topological polar surface area (TPSA) is 31.0 Å². The maximum atomic E-state index is 6.28. The lowest BCUT2D eigenvalue weighted by Gasteiger charge is -2.18. The number of para-hydroxylation sites is 2. The molecule has 4 heteroatoms. The minimum atomic E-state index is 0.251. The summed E-state index contributed by atoms with van der Waals surface area (Å²) in [4.78, 5) is 6.37. The van der Waals surface area contributed by atoms with Gasteiger partial charge in [0.05, 0.1) is 16.7 Å². The fourth-order valence-corrected chi connectivity index (χ4v) is 7.84. The van der Waals surface area contributed by atoms with Gasteiger partial charge in [0.15, 0.2) is 5.76 Å². The van der Waals surface area contributed by atoms with Crippen molar-refractivity contribution in [2.24, 2.45) is 0 Å². The highest BCUT2D eigenvalue weighted by molar-refractivity contribution is 8.00. The van der Waals surface area contributed by atoms with Crippen LogP contribution in [0.3, 0.4) is 0 Å². The van der Waals surface area contributed by atoms with E-state index in [4.69, 9.17) is 9.40 Å². The lowest BCUT2D eigenvalue weighted by molar-refractivity contribution is 0.558. The summed E-state index contributed by atoms with van der Waals surface area (Å²) in [6, 6.07) is 43.3. The van der Waals surface area contributed by atoms with Gasteiger partial charge in [0, 0.05) is 38.1 Å². The van der Waals surface area contributed by atoms with E-state index >= 15 is 0 Å². The molecule has 194 valence electrons. The van der Waals surface area contributed by atoms with Crippen molar-refractivity contribution < 1.29 is 4.42 Å². The first kappa shape index (κ1) is 23.0. The molecule has 9 rings (SSSR count). The maximum Gasteiger partial charge on any atom is 0.226 e. The zero-order chi connectivity index (χ0) is 26.9. The first-order valence-corrected chi connectivity index (χ1v) is 14.8. The van der Waals surface area contributed by atoms with Crippen LogP contribution in [-0.4, -0.2) is 14.8 Å². The number of benzene rings is 5. The molecule has 41 heavy (non-hydrogen) atoms. The Balaban J connectivity index is 1.03. The van der Waals surface area contributed by atoms with E-state index in [-0.39, 0.29) is 5.92 Å². The van der Waals surface area contributed by atoms with Gasteiger partial charge in [0.1, 0.15) is 0 Å². The molecule has 0 amide bonds. The van der Waals surface area contributed by atoms with Crippen molar-refractivity contribution in [3.8, 4) is 28.3 Å². The van der Waals surface area contributed by atoms with Crippen molar-refractivity contribution in [3.05, 3.63) is 144 Å². The number of aromatic nitrogens is 2. The summed E-state index contributed by atoms with van der Waals surface area (Å²) >= 11 is 1.92. The Bertz CT molecular complexity index is 2080. The van der Waals surface area contributed by atoms with Crippen molar-refractivity contribution in [2.75, 3.05) is 0 Å². The zero-order valence-electron chi connectivity index (χ0n) is 22.1. The monoisotopic (exact) mass is 544 g/mol. The predicted octanol–water partition coefficient (Wildman–Crippen LogP) is 9.74. The van der Waals surface area contributed by atoms with Gasteiger partial charge in [0.25, 0.3) is 0 Å². The predicted molar refractivity (Wildman–Crippen MR) is 169 cm³/mol. The SMILES string of the molecule is C1=CC2Sc3ccccc3C2c2nc(-c3ccc(-c4ccc(-n5c6ccccc6c6ccccc65)cc4)cc3)oc21. The molecule has 2 aliphatic rings. The van der Waals surface area contributed by atoms with Gasteiger partial charge in [0.2, 0.25) is 5.89 Å². The highest BCUT2D eigenvalue weighted by Gasteiger charge is 2.39. The second-order valence-electron chi connectivity index (χ2n) is 10.7. The van der Waals surface area contributed by atoms with E-state index in [1.54, 1.807) is 0 Å². The molecular formula is C37H24N2OS. The zero-order valence-corrected chi connectivity index (χ0v) is 22.9. The standard InChI is InChI=1S/C37H24N2OS/c1-4-10-30-27(7-1)28-8-2-5-11-31(28)39(30)26-19-17-24(18-20-26)23-13-15-25(16-14-23)37-38-36-32(40-37)21-22-34-35(36)29-9-3-6-12-33(29)41-34/h1-22,34-35H. The fourth-order valence-electron chi connectivity index (χ4n) is 6.49. The van der Waals surface area contributed by atoms with Crippen LogP contribution in [0.1, 0.15) is 22.9 Å². The highest BCUT2D eigenvalue weighted by atomic mass is 32.2. The minimum Gasteiger partial charge on any atom is -0.436 e. The molecule has 0 N–H and O–H groups in total. The van der Waals surface area contributed by atoms with E-state index in [0.717, 1.165) is 22.7 Å². The van der Waals surface area contributed by atoms with E-state index in [1.165, 1.54) is 43.4 Å². The quantitative estimate of drug-likeness (QED) is 0.222. The average molecular weight is 545 g/mol. The van der Waals surface area contributed by atoms with Gasteiger partial charge in [-0.25, -0.2) is 4.98 Å². The van der Waals surface area contributed by atoms with Crippen LogP contribution in [0.25, 0.3) is 56.2 Å².